The van der Waals surface area contributed by atoms with Crippen molar-refractivity contribution in [3.8, 4) is 0 Å². The summed E-state index contributed by atoms with van der Waals surface area (Å²) in [6, 6.07) is 0. The van der Waals surface area contributed by atoms with E-state index < -0.39 is 0 Å². The lowest BCUT2D eigenvalue weighted by atomic mass is 9.74. The molecule has 0 amide bonds. The van der Waals surface area contributed by atoms with Gasteiger partial charge in [0.15, 0.2) is 5.78 Å². The molecule has 0 heterocycles. The first kappa shape index (κ1) is 28.2. The third-order valence-electron chi connectivity index (χ3n) is 4.65. The quantitative estimate of drug-likeness (QED) is 0.201. The minimum absolute atomic E-state index is 0.0710. The van der Waals surface area contributed by atoms with Gasteiger partial charge in [-0.2, -0.15) is 0 Å². The molecule has 0 saturated carbocycles. The van der Waals surface area contributed by atoms with Gasteiger partial charge in [0.2, 0.25) is 5.90 Å². The Balaban J connectivity index is 0.000000683. The van der Waals surface area contributed by atoms with Crippen LogP contribution in [0.25, 0.3) is 0 Å². The van der Waals surface area contributed by atoms with Gasteiger partial charge in [-0.05, 0) is 69.2 Å². The van der Waals surface area contributed by atoms with E-state index >= 15 is 0 Å². The number of carbonyl (C=O) groups is 1. The van der Waals surface area contributed by atoms with Crippen LogP contribution in [0.4, 0.5) is 0 Å². The molecule has 0 atom stereocenters. The molecule has 1 N–H and O–H groups in total. The van der Waals surface area contributed by atoms with Crippen LogP contribution in [-0.2, 0) is 9.63 Å². The van der Waals surface area contributed by atoms with E-state index in [9.17, 15) is 4.79 Å². The maximum absolute atomic E-state index is 11.4. The van der Waals surface area contributed by atoms with Crippen LogP contribution in [0, 0.1) is 10.8 Å². The summed E-state index contributed by atoms with van der Waals surface area (Å²) in [5.74, 6) is 0.403. The number of Topliss-reactive ketones (excluding diaryl/α,β-unsaturated/α-hetero) is 1. The number of hydrogen-bond donors (Lipinski definition) is 1. The number of hydrogen-bond acceptors (Lipinski definition) is 5. The minimum atomic E-state index is 0.0710. The molecule has 0 aliphatic heterocycles. The lowest BCUT2D eigenvalue weighted by Crippen LogP contribution is -2.23. The molecule has 0 aromatic carbocycles. The van der Waals surface area contributed by atoms with E-state index in [4.69, 9.17) is 10.2 Å². The summed E-state index contributed by atoms with van der Waals surface area (Å²) in [4.78, 5) is 20.3. The molecule has 170 valence electrons. The van der Waals surface area contributed by atoms with Crippen molar-refractivity contribution in [3.05, 3.63) is 59.3 Å². The number of oxime groups is 1. The summed E-state index contributed by atoms with van der Waals surface area (Å²) in [5.41, 5.74) is 5.03. The zero-order valence-corrected chi connectivity index (χ0v) is 20.3. The predicted molar refractivity (Wildman–Crippen MR) is 134 cm³/mol. The largest absolute Gasteiger partial charge is 0.342 e. The zero-order chi connectivity index (χ0) is 24.0. The molecule has 5 heteroatoms. The van der Waals surface area contributed by atoms with Crippen LogP contribution in [0.15, 0.2) is 69.4 Å². The smallest absolute Gasteiger partial charge is 0.221 e. The Bertz CT molecular complexity index is 822. The monoisotopic (exact) mass is 425 g/mol. The lowest BCUT2D eigenvalue weighted by molar-refractivity contribution is -0.118. The second-order valence-corrected chi connectivity index (χ2v) is 8.43. The van der Waals surface area contributed by atoms with Crippen molar-refractivity contribution in [3.63, 3.8) is 0 Å². The number of nitrogens with one attached hydrogen (secondary N) is 1. The van der Waals surface area contributed by atoms with E-state index in [1.165, 1.54) is 11.8 Å². The second-order valence-electron chi connectivity index (χ2n) is 8.43. The van der Waals surface area contributed by atoms with Crippen molar-refractivity contribution < 1.29 is 9.63 Å². The fraction of sp³-hybridized carbons (Fsp3) is 0.462. The summed E-state index contributed by atoms with van der Waals surface area (Å²) >= 11 is 0. The van der Waals surface area contributed by atoms with E-state index in [1.54, 1.807) is 13.1 Å². The molecule has 0 radical (unpaired) electrons. The first-order valence-corrected chi connectivity index (χ1v) is 10.6. The van der Waals surface area contributed by atoms with Crippen molar-refractivity contribution >= 4 is 24.1 Å². The second kappa shape index (κ2) is 14.2. The number of ketones is 1. The Morgan fingerprint density at radius 1 is 1.26 bits per heavy atom. The van der Waals surface area contributed by atoms with Gasteiger partial charge in [-0.15, -0.1) is 0 Å². The average molecular weight is 426 g/mol. The van der Waals surface area contributed by atoms with Gasteiger partial charge < -0.3 is 4.84 Å². The number of rotatable bonds is 8. The van der Waals surface area contributed by atoms with Crippen molar-refractivity contribution in [1.29, 1.82) is 5.41 Å². The van der Waals surface area contributed by atoms with Crippen molar-refractivity contribution in [2.45, 2.75) is 67.7 Å². The molecule has 1 aliphatic rings. The minimum Gasteiger partial charge on any atom is -0.342 e. The number of nitrogens with zero attached hydrogens (tertiary/aromatic N) is 2. The van der Waals surface area contributed by atoms with Gasteiger partial charge in [0.05, 0.1) is 6.42 Å². The molecule has 1 aliphatic carbocycles. The standard InChI is InChI=1S/C16H23N3O.C10H16O/c1-6-18-10-8-9-14(5)11-15(13(3)4)12-16(17)20-19-7-2;1-7-5-10(3,4)6-9(11)8(7)2/h7-11,17H,3,5-6,12H2,1-2,4H3;5-6H2,1-4H3/b9-8-,15-11+,17-16?,18-10?,19-7+;. The molecular formula is C26H39N3O2. The lowest BCUT2D eigenvalue weighted by Gasteiger charge is -2.29. The maximum Gasteiger partial charge on any atom is 0.221 e. The highest BCUT2D eigenvalue weighted by Gasteiger charge is 2.28. The topological polar surface area (TPSA) is 74.9 Å². The Labute approximate surface area is 188 Å². The van der Waals surface area contributed by atoms with E-state index in [1.807, 2.05) is 39.0 Å². The number of allylic oxidation sites excluding steroid dienone is 7. The SMILES string of the molecule is C=C(/C=C\C=NCC)/C=C(\CC(=N)O/N=C/C)C(=C)C.CC1=C(C)C(=O)CC(C)(C)C1. The molecule has 5 nitrogen and oxygen atoms in total. The van der Waals surface area contributed by atoms with Crippen molar-refractivity contribution in [1.82, 2.24) is 0 Å². The summed E-state index contributed by atoms with van der Waals surface area (Å²) in [6.07, 6.45) is 10.9. The molecular weight excluding hydrogens is 386 g/mol. The highest BCUT2D eigenvalue weighted by molar-refractivity contribution is 5.96. The normalized spacial score (nSPS) is 16.6. The van der Waals surface area contributed by atoms with Gasteiger partial charge in [0, 0.05) is 25.4 Å². The number of aliphatic imine (C=N–C) groups is 1. The Kier molecular flexibility index (Phi) is 12.9. The molecule has 0 unspecified atom stereocenters. The summed E-state index contributed by atoms with van der Waals surface area (Å²) in [7, 11) is 0. The number of carbonyl (C=O) groups excluding carboxylic acids is 1. The first-order chi connectivity index (χ1) is 14.4. The fourth-order valence-corrected chi connectivity index (χ4v) is 2.97. The third-order valence-corrected chi connectivity index (χ3v) is 4.65. The first-order valence-electron chi connectivity index (χ1n) is 10.6. The van der Waals surface area contributed by atoms with Gasteiger partial charge in [0.1, 0.15) is 0 Å². The summed E-state index contributed by atoms with van der Waals surface area (Å²) < 4.78 is 0. The molecule has 0 bridgehead atoms. The van der Waals surface area contributed by atoms with E-state index in [2.05, 4.69) is 44.1 Å². The van der Waals surface area contributed by atoms with E-state index in [0.717, 1.165) is 41.7 Å². The van der Waals surface area contributed by atoms with Gasteiger partial charge in [0.25, 0.3) is 0 Å². The van der Waals surface area contributed by atoms with Crippen LogP contribution in [0.2, 0.25) is 0 Å². The van der Waals surface area contributed by atoms with Crippen LogP contribution >= 0.6 is 0 Å². The van der Waals surface area contributed by atoms with E-state index in [0.29, 0.717) is 12.2 Å². The molecule has 31 heavy (non-hydrogen) atoms. The molecule has 1 rings (SSSR count). The Hall–Kier alpha value is -2.82. The van der Waals surface area contributed by atoms with Crippen molar-refractivity contribution in [2.75, 3.05) is 6.54 Å². The average Bonchev–Trinajstić information content (AvgIpc) is 2.67. The van der Waals surface area contributed by atoms with Crippen LogP contribution in [0.5, 0.6) is 0 Å². The van der Waals surface area contributed by atoms with Gasteiger partial charge in [-0.1, -0.05) is 55.5 Å². The van der Waals surface area contributed by atoms with Crippen LogP contribution in [0.1, 0.15) is 67.7 Å². The predicted octanol–water partition coefficient (Wildman–Crippen LogP) is 6.79. The van der Waals surface area contributed by atoms with Crippen LogP contribution in [0.3, 0.4) is 0 Å². The third kappa shape index (κ3) is 12.5. The van der Waals surface area contributed by atoms with Crippen LogP contribution in [-0.4, -0.2) is 30.7 Å². The van der Waals surface area contributed by atoms with Gasteiger partial charge >= 0.3 is 0 Å². The molecule has 0 aromatic heterocycles. The molecule has 0 fully saturated rings. The maximum atomic E-state index is 11.4. The highest BCUT2D eigenvalue weighted by atomic mass is 16.6. The van der Waals surface area contributed by atoms with Crippen LogP contribution < -0.4 is 0 Å². The van der Waals surface area contributed by atoms with E-state index in [-0.39, 0.29) is 11.3 Å². The fourth-order valence-electron chi connectivity index (χ4n) is 2.97. The summed E-state index contributed by atoms with van der Waals surface area (Å²) in [5, 5.41) is 11.2. The summed E-state index contributed by atoms with van der Waals surface area (Å²) in [6.45, 7) is 22.5. The molecule has 0 saturated heterocycles. The highest BCUT2D eigenvalue weighted by Crippen LogP contribution is 2.36. The molecule has 0 spiro atoms. The molecule has 0 aromatic rings. The zero-order valence-electron chi connectivity index (χ0n) is 20.3. The Morgan fingerprint density at radius 3 is 2.42 bits per heavy atom. The van der Waals surface area contributed by atoms with Gasteiger partial charge in [-0.25, -0.2) is 0 Å². The Morgan fingerprint density at radius 2 is 1.90 bits per heavy atom. The van der Waals surface area contributed by atoms with Crippen molar-refractivity contribution in [2.24, 2.45) is 15.6 Å². The van der Waals surface area contributed by atoms with Gasteiger partial charge in [-0.3, -0.25) is 15.2 Å².